The summed E-state index contributed by atoms with van der Waals surface area (Å²) >= 11 is 5.95. The Kier molecular flexibility index (Phi) is 2.98. The third-order valence-electron chi connectivity index (χ3n) is 3.14. The first-order valence-corrected chi connectivity index (χ1v) is 6.37. The third kappa shape index (κ3) is 2.33. The van der Waals surface area contributed by atoms with Crippen LogP contribution in [0.4, 0.5) is 5.69 Å². The molecule has 2 aromatic rings. The van der Waals surface area contributed by atoms with Crippen molar-refractivity contribution in [1.82, 2.24) is 10.1 Å². The van der Waals surface area contributed by atoms with Gasteiger partial charge in [0.25, 0.3) is 0 Å². The van der Waals surface area contributed by atoms with Gasteiger partial charge in [-0.3, -0.25) is 4.79 Å². The number of carbonyl (C=O) groups excluding carboxylic acids is 1. The SMILES string of the molecule is Cc1noc([C@@H]2CC(=O)N(c3cccc(Cl)c3)C2)n1. The van der Waals surface area contributed by atoms with Gasteiger partial charge in [0.2, 0.25) is 11.8 Å². The minimum Gasteiger partial charge on any atom is -0.339 e. The molecule has 0 aliphatic carbocycles. The number of hydrogen-bond acceptors (Lipinski definition) is 4. The van der Waals surface area contributed by atoms with Gasteiger partial charge in [-0.2, -0.15) is 4.98 Å². The number of aryl methyl sites for hydroxylation is 1. The number of halogens is 1. The lowest BCUT2D eigenvalue weighted by atomic mass is 10.1. The Balaban J connectivity index is 1.84. The Morgan fingerprint density at radius 3 is 3.00 bits per heavy atom. The highest BCUT2D eigenvalue weighted by molar-refractivity contribution is 6.30. The van der Waals surface area contributed by atoms with Crippen molar-refractivity contribution in [2.75, 3.05) is 11.4 Å². The molecule has 1 fully saturated rings. The monoisotopic (exact) mass is 277 g/mol. The van der Waals surface area contributed by atoms with Crippen LogP contribution in [0.2, 0.25) is 5.02 Å². The summed E-state index contributed by atoms with van der Waals surface area (Å²) in [4.78, 5) is 18.0. The van der Waals surface area contributed by atoms with E-state index in [1.165, 1.54) is 0 Å². The molecule has 0 unspecified atom stereocenters. The molecule has 1 aliphatic rings. The number of carbonyl (C=O) groups is 1. The Bertz CT molecular complexity index is 626. The Hall–Kier alpha value is -1.88. The van der Waals surface area contributed by atoms with E-state index in [-0.39, 0.29) is 11.8 Å². The molecule has 5 nitrogen and oxygen atoms in total. The summed E-state index contributed by atoms with van der Waals surface area (Å²) in [7, 11) is 0. The highest BCUT2D eigenvalue weighted by Crippen LogP contribution is 2.31. The maximum atomic E-state index is 12.1. The van der Waals surface area contributed by atoms with Gasteiger partial charge in [-0.15, -0.1) is 0 Å². The zero-order chi connectivity index (χ0) is 13.4. The summed E-state index contributed by atoms with van der Waals surface area (Å²) in [6.07, 6.45) is 0.383. The summed E-state index contributed by atoms with van der Waals surface area (Å²) in [5.41, 5.74) is 0.802. The van der Waals surface area contributed by atoms with E-state index in [9.17, 15) is 4.79 Å². The number of hydrogen-bond donors (Lipinski definition) is 0. The molecule has 0 bridgehead atoms. The van der Waals surface area contributed by atoms with E-state index in [2.05, 4.69) is 10.1 Å². The fraction of sp³-hybridized carbons (Fsp3) is 0.308. The topological polar surface area (TPSA) is 59.2 Å². The molecule has 0 radical (unpaired) electrons. The maximum Gasteiger partial charge on any atom is 0.232 e. The van der Waals surface area contributed by atoms with E-state index >= 15 is 0 Å². The quantitative estimate of drug-likeness (QED) is 0.846. The van der Waals surface area contributed by atoms with Gasteiger partial charge in [0.1, 0.15) is 0 Å². The molecule has 6 heteroatoms. The first kappa shape index (κ1) is 12.2. The molecule has 1 aromatic carbocycles. The lowest BCUT2D eigenvalue weighted by Gasteiger charge is -2.16. The van der Waals surface area contributed by atoms with E-state index in [4.69, 9.17) is 16.1 Å². The van der Waals surface area contributed by atoms with Crippen LogP contribution < -0.4 is 4.90 Å². The van der Waals surface area contributed by atoms with E-state index < -0.39 is 0 Å². The Labute approximate surface area is 115 Å². The standard InChI is InChI=1S/C13H12ClN3O2/c1-8-15-13(19-16-8)9-5-12(18)17(7-9)11-4-2-3-10(14)6-11/h2-4,6,9H,5,7H2,1H3/t9-/m1/s1. The molecule has 0 saturated carbocycles. The zero-order valence-electron chi connectivity index (χ0n) is 10.3. The van der Waals surface area contributed by atoms with Crippen molar-refractivity contribution in [2.45, 2.75) is 19.3 Å². The van der Waals surface area contributed by atoms with Crippen LogP contribution in [0.25, 0.3) is 0 Å². The molecule has 3 rings (SSSR count). The normalized spacial score (nSPS) is 19.2. The molecule has 2 heterocycles. The van der Waals surface area contributed by atoms with Gasteiger partial charge in [-0.05, 0) is 25.1 Å². The average Bonchev–Trinajstić information content (AvgIpc) is 2.95. The Morgan fingerprint density at radius 1 is 1.47 bits per heavy atom. The molecule has 0 N–H and O–H groups in total. The molecule has 1 atom stereocenters. The van der Waals surface area contributed by atoms with Gasteiger partial charge in [0, 0.05) is 23.7 Å². The average molecular weight is 278 g/mol. The number of anilines is 1. The molecular formula is C13H12ClN3O2. The predicted molar refractivity (Wildman–Crippen MR) is 70.2 cm³/mol. The van der Waals surface area contributed by atoms with Crippen molar-refractivity contribution in [1.29, 1.82) is 0 Å². The predicted octanol–water partition coefficient (Wildman–Crippen LogP) is 2.55. The number of aromatic nitrogens is 2. The van der Waals surface area contributed by atoms with E-state index in [0.29, 0.717) is 29.7 Å². The lowest BCUT2D eigenvalue weighted by Crippen LogP contribution is -2.24. The molecule has 1 saturated heterocycles. The minimum atomic E-state index is -0.0484. The van der Waals surface area contributed by atoms with Crippen molar-refractivity contribution in [3.8, 4) is 0 Å². The second kappa shape index (κ2) is 4.66. The van der Waals surface area contributed by atoms with E-state index in [1.54, 1.807) is 24.0 Å². The molecular weight excluding hydrogens is 266 g/mol. The second-order valence-electron chi connectivity index (χ2n) is 4.57. The fourth-order valence-electron chi connectivity index (χ4n) is 2.25. The van der Waals surface area contributed by atoms with Gasteiger partial charge in [-0.1, -0.05) is 22.8 Å². The summed E-state index contributed by atoms with van der Waals surface area (Å²) < 4.78 is 5.14. The van der Waals surface area contributed by atoms with Gasteiger partial charge >= 0.3 is 0 Å². The summed E-state index contributed by atoms with van der Waals surface area (Å²) in [5, 5.41) is 4.37. The molecule has 1 amide bonds. The summed E-state index contributed by atoms with van der Waals surface area (Å²) in [5.74, 6) is 1.11. The van der Waals surface area contributed by atoms with Crippen LogP contribution in [-0.2, 0) is 4.79 Å². The second-order valence-corrected chi connectivity index (χ2v) is 5.00. The van der Waals surface area contributed by atoms with Gasteiger partial charge in [-0.25, -0.2) is 0 Å². The minimum absolute atomic E-state index is 0.0446. The first-order valence-electron chi connectivity index (χ1n) is 5.99. The van der Waals surface area contributed by atoms with Crippen molar-refractivity contribution < 1.29 is 9.32 Å². The van der Waals surface area contributed by atoms with Crippen LogP contribution >= 0.6 is 11.6 Å². The fourth-order valence-corrected chi connectivity index (χ4v) is 2.43. The highest BCUT2D eigenvalue weighted by atomic mass is 35.5. The zero-order valence-corrected chi connectivity index (χ0v) is 11.1. The van der Waals surface area contributed by atoms with E-state index in [0.717, 1.165) is 5.69 Å². The molecule has 1 aromatic heterocycles. The third-order valence-corrected chi connectivity index (χ3v) is 3.37. The lowest BCUT2D eigenvalue weighted by molar-refractivity contribution is -0.117. The van der Waals surface area contributed by atoms with Crippen molar-refractivity contribution in [2.24, 2.45) is 0 Å². The smallest absolute Gasteiger partial charge is 0.232 e. The van der Waals surface area contributed by atoms with Crippen molar-refractivity contribution in [3.05, 3.63) is 41.0 Å². The van der Waals surface area contributed by atoms with E-state index in [1.807, 2.05) is 12.1 Å². The van der Waals surface area contributed by atoms with Gasteiger partial charge in [0.05, 0.1) is 5.92 Å². The largest absolute Gasteiger partial charge is 0.339 e. The van der Waals surface area contributed by atoms with Crippen LogP contribution in [0.5, 0.6) is 0 Å². The van der Waals surface area contributed by atoms with Crippen molar-refractivity contribution in [3.63, 3.8) is 0 Å². The highest BCUT2D eigenvalue weighted by Gasteiger charge is 2.34. The van der Waals surface area contributed by atoms with Gasteiger partial charge < -0.3 is 9.42 Å². The van der Waals surface area contributed by atoms with Crippen LogP contribution in [0, 0.1) is 6.92 Å². The number of amides is 1. The first-order chi connectivity index (χ1) is 9.13. The number of rotatable bonds is 2. The molecule has 98 valence electrons. The maximum absolute atomic E-state index is 12.1. The number of nitrogens with zero attached hydrogens (tertiary/aromatic N) is 3. The molecule has 1 aliphatic heterocycles. The summed E-state index contributed by atoms with van der Waals surface area (Å²) in [6.45, 7) is 2.30. The van der Waals surface area contributed by atoms with Crippen LogP contribution in [0.15, 0.2) is 28.8 Å². The Morgan fingerprint density at radius 2 is 2.32 bits per heavy atom. The summed E-state index contributed by atoms with van der Waals surface area (Å²) in [6, 6.07) is 7.26. The molecule has 19 heavy (non-hydrogen) atoms. The van der Waals surface area contributed by atoms with Crippen molar-refractivity contribution >= 4 is 23.2 Å². The number of benzene rings is 1. The van der Waals surface area contributed by atoms with Gasteiger partial charge in [0.15, 0.2) is 5.82 Å². The molecule has 0 spiro atoms. The van der Waals surface area contributed by atoms with Crippen LogP contribution in [0.3, 0.4) is 0 Å². The van der Waals surface area contributed by atoms with Crippen LogP contribution in [0.1, 0.15) is 24.1 Å². The van der Waals surface area contributed by atoms with Crippen LogP contribution in [-0.4, -0.2) is 22.6 Å².